The number of ether oxygens (including phenoxy) is 2. The summed E-state index contributed by atoms with van der Waals surface area (Å²) in [6.45, 7) is 1.06. The molecule has 9 heteroatoms. The largest absolute Gasteiger partial charge is 0.454 e. The molecule has 3 heterocycles. The molecule has 32 heavy (non-hydrogen) atoms. The number of hydrogen-bond donors (Lipinski definition) is 1. The Morgan fingerprint density at radius 1 is 1.03 bits per heavy atom. The van der Waals surface area contributed by atoms with E-state index in [1.165, 1.54) is 11.7 Å². The van der Waals surface area contributed by atoms with Crippen molar-refractivity contribution in [2.24, 2.45) is 13.0 Å². The summed E-state index contributed by atoms with van der Waals surface area (Å²) in [5.74, 6) is 0.761. The molecule has 0 bridgehead atoms. The number of hydrogen-bond acceptors (Lipinski definition) is 6. The van der Waals surface area contributed by atoms with Crippen LogP contribution in [-0.4, -0.2) is 46.4 Å². The van der Waals surface area contributed by atoms with E-state index in [1.54, 1.807) is 47.4 Å². The van der Waals surface area contributed by atoms with E-state index in [2.05, 4.69) is 10.4 Å². The fourth-order valence-electron chi connectivity index (χ4n) is 4.17. The van der Waals surface area contributed by atoms with E-state index in [0.29, 0.717) is 53.9 Å². The third kappa shape index (κ3) is 3.55. The molecule has 2 aliphatic heterocycles. The maximum Gasteiger partial charge on any atom is 0.274 e. The van der Waals surface area contributed by atoms with Crippen molar-refractivity contribution in [1.29, 1.82) is 0 Å². The van der Waals surface area contributed by atoms with E-state index in [4.69, 9.17) is 9.47 Å². The smallest absolute Gasteiger partial charge is 0.274 e. The molecule has 0 spiro atoms. The number of aryl methyl sites for hydroxylation is 1. The number of rotatable bonds is 3. The Hall–Kier alpha value is -3.88. The second-order valence-electron chi connectivity index (χ2n) is 7.95. The molecule has 1 N–H and O–H groups in total. The van der Waals surface area contributed by atoms with Gasteiger partial charge in [-0.15, -0.1) is 0 Å². The lowest BCUT2D eigenvalue weighted by Gasteiger charge is -2.31. The summed E-state index contributed by atoms with van der Waals surface area (Å²) < 4.78 is 11.8. The first kappa shape index (κ1) is 20.0. The van der Waals surface area contributed by atoms with E-state index in [9.17, 15) is 14.4 Å². The molecular formula is C23H22N4O5. The highest BCUT2D eigenvalue weighted by Crippen LogP contribution is 2.34. The maximum absolute atomic E-state index is 13.2. The highest BCUT2D eigenvalue weighted by molar-refractivity contribution is 6.05. The molecule has 5 rings (SSSR count). The lowest BCUT2D eigenvalue weighted by molar-refractivity contribution is -0.121. The summed E-state index contributed by atoms with van der Waals surface area (Å²) in [7, 11) is 1.54. The summed E-state index contributed by atoms with van der Waals surface area (Å²) in [4.78, 5) is 39.9. The molecule has 0 saturated carbocycles. The number of carbonyl (C=O) groups excluding carboxylic acids is 2. The average Bonchev–Trinajstić information content (AvgIpc) is 3.29. The van der Waals surface area contributed by atoms with E-state index < -0.39 is 0 Å². The number of nitrogens with zero attached hydrogens (tertiary/aromatic N) is 3. The van der Waals surface area contributed by atoms with Gasteiger partial charge in [0, 0.05) is 43.2 Å². The second-order valence-corrected chi connectivity index (χ2v) is 7.95. The number of carbonyl (C=O) groups is 2. The Balaban J connectivity index is 1.26. The van der Waals surface area contributed by atoms with Gasteiger partial charge in [0.05, 0.1) is 5.39 Å². The Morgan fingerprint density at radius 2 is 1.75 bits per heavy atom. The first-order valence-electron chi connectivity index (χ1n) is 10.5. The van der Waals surface area contributed by atoms with Crippen LogP contribution in [0.25, 0.3) is 10.8 Å². The maximum atomic E-state index is 13.2. The molecular weight excluding hydrogens is 412 g/mol. The molecule has 0 atom stereocenters. The molecule has 2 amide bonds. The van der Waals surface area contributed by atoms with Gasteiger partial charge in [0.2, 0.25) is 12.7 Å². The Bertz CT molecular complexity index is 1280. The quantitative estimate of drug-likeness (QED) is 0.678. The van der Waals surface area contributed by atoms with Crippen LogP contribution >= 0.6 is 0 Å². The van der Waals surface area contributed by atoms with Crippen molar-refractivity contribution in [2.45, 2.75) is 12.8 Å². The molecule has 9 nitrogen and oxygen atoms in total. The first-order valence-corrected chi connectivity index (χ1v) is 10.5. The van der Waals surface area contributed by atoms with Crippen molar-refractivity contribution >= 4 is 28.3 Å². The molecule has 2 aliphatic rings. The number of nitrogens with one attached hydrogen (secondary N) is 1. The fourth-order valence-corrected chi connectivity index (χ4v) is 4.17. The van der Waals surface area contributed by atoms with Crippen molar-refractivity contribution in [3.8, 4) is 11.5 Å². The zero-order chi connectivity index (χ0) is 22.2. The van der Waals surface area contributed by atoms with E-state index in [-0.39, 0.29) is 35.8 Å². The van der Waals surface area contributed by atoms with Crippen LogP contribution in [0, 0.1) is 5.92 Å². The van der Waals surface area contributed by atoms with Gasteiger partial charge in [-0.1, -0.05) is 18.2 Å². The van der Waals surface area contributed by atoms with Gasteiger partial charge < -0.3 is 19.7 Å². The van der Waals surface area contributed by atoms with Crippen LogP contribution in [0.3, 0.4) is 0 Å². The van der Waals surface area contributed by atoms with Crippen molar-refractivity contribution in [3.05, 3.63) is 58.5 Å². The van der Waals surface area contributed by atoms with Gasteiger partial charge in [-0.2, -0.15) is 5.10 Å². The minimum atomic E-state index is -0.240. The highest BCUT2D eigenvalue weighted by Gasteiger charge is 2.30. The van der Waals surface area contributed by atoms with Gasteiger partial charge in [0.25, 0.3) is 11.5 Å². The summed E-state index contributed by atoms with van der Waals surface area (Å²) in [6.07, 6.45) is 1.09. The lowest BCUT2D eigenvalue weighted by atomic mass is 9.95. The molecule has 1 aromatic heterocycles. The molecule has 1 fully saturated rings. The number of benzene rings is 2. The molecule has 0 radical (unpaired) electrons. The number of aromatic nitrogens is 2. The number of fused-ring (bicyclic) bond motifs is 2. The number of amides is 2. The van der Waals surface area contributed by atoms with Gasteiger partial charge in [-0.3, -0.25) is 14.4 Å². The number of piperidine rings is 1. The van der Waals surface area contributed by atoms with Crippen LogP contribution in [0.4, 0.5) is 5.69 Å². The van der Waals surface area contributed by atoms with Gasteiger partial charge in [-0.05, 0) is 31.0 Å². The van der Waals surface area contributed by atoms with Crippen LogP contribution < -0.4 is 20.3 Å². The van der Waals surface area contributed by atoms with E-state index in [0.717, 1.165) is 0 Å². The van der Waals surface area contributed by atoms with Gasteiger partial charge in [0.1, 0.15) is 0 Å². The third-order valence-corrected chi connectivity index (χ3v) is 5.95. The molecule has 2 aromatic carbocycles. The Kier molecular flexibility index (Phi) is 5.01. The number of likely N-dealkylation sites (tertiary alicyclic amines) is 1. The first-order chi connectivity index (χ1) is 15.5. The second kappa shape index (κ2) is 7.99. The SMILES string of the molecule is Cn1nc(C(=O)N2CCC(C(=O)Nc3ccc4c(c3)OCO4)CC2)c2ccccc2c1=O. The summed E-state index contributed by atoms with van der Waals surface area (Å²) in [5, 5.41) is 8.16. The third-order valence-electron chi connectivity index (χ3n) is 5.95. The summed E-state index contributed by atoms with van der Waals surface area (Å²) in [5.41, 5.74) is 0.667. The van der Waals surface area contributed by atoms with Crippen LogP contribution in [0.2, 0.25) is 0 Å². The predicted molar refractivity (Wildman–Crippen MR) is 117 cm³/mol. The van der Waals surface area contributed by atoms with Gasteiger partial charge in [0.15, 0.2) is 17.2 Å². The minimum Gasteiger partial charge on any atom is -0.454 e. The van der Waals surface area contributed by atoms with Crippen molar-refractivity contribution in [1.82, 2.24) is 14.7 Å². The molecule has 1 saturated heterocycles. The molecule has 0 unspecified atom stereocenters. The van der Waals surface area contributed by atoms with Crippen LogP contribution in [-0.2, 0) is 11.8 Å². The molecule has 164 valence electrons. The Labute approximate surface area is 183 Å². The van der Waals surface area contributed by atoms with Crippen LogP contribution in [0.5, 0.6) is 11.5 Å². The highest BCUT2D eigenvalue weighted by atomic mass is 16.7. The monoisotopic (exact) mass is 434 g/mol. The van der Waals surface area contributed by atoms with Crippen molar-refractivity contribution in [3.63, 3.8) is 0 Å². The van der Waals surface area contributed by atoms with Gasteiger partial charge in [-0.25, -0.2) is 4.68 Å². The van der Waals surface area contributed by atoms with Crippen LogP contribution in [0.1, 0.15) is 23.3 Å². The predicted octanol–water partition coefficient (Wildman–Crippen LogP) is 2.15. The van der Waals surface area contributed by atoms with Gasteiger partial charge >= 0.3 is 0 Å². The zero-order valence-corrected chi connectivity index (χ0v) is 17.5. The Morgan fingerprint density at radius 3 is 2.53 bits per heavy atom. The minimum absolute atomic E-state index is 0.0818. The average molecular weight is 434 g/mol. The van der Waals surface area contributed by atoms with E-state index in [1.807, 2.05) is 0 Å². The lowest BCUT2D eigenvalue weighted by Crippen LogP contribution is -2.42. The fraction of sp³-hybridized carbons (Fsp3) is 0.304. The van der Waals surface area contributed by atoms with Crippen LogP contribution in [0.15, 0.2) is 47.3 Å². The standard InChI is InChI=1S/C23H22N4O5/c1-26-22(29)17-5-3-2-4-16(17)20(25-26)23(30)27-10-8-14(9-11-27)21(28)24-15-6-7-18-19(12-15)32-13-31-18/h2-7,12,14H,8-11,13H2,1H3,(H,24,28). The zero-order valence-electron chi connectivity index (χ0n) is 17.5. The normalized spacial score (nSPS) is 15.7. The molecule has 3 aromatic rings. The van der Waals surface area contributed by atoms with E-state index >= 15 is 0 Å². The summed E-state index contributed by atoms with van der Waals surface area (Å²) >= 11 is 0. The van der Waals surface area contributed by atoms with Crippen molar-refractivity contribution in [2.75, 3.05) is 25.2 Å². The molecule has 0 aliphatic carbocycles. The number of anilines is 1. The summed E-state index contributed by atoms with van der Waals surface area (Å²) in [6, 6.07) is 12.3. The van der Waals surface area contributed by atoms with Crippen molar-refractivity contribution < 1.29 is 19.1 Å². The topological polar surface area (TPSA) is 103 Å².